The molecule has 1 N–H and O–H groups in total. The zero-order chi connectivity index (χ0) is 13.1. The average molecular weight is 244 g/mol. The molecule has 18 heavy (non-hydrogen) atoms. The van der Waals surface area contributed by atoms with Crippen LogP contribution in [0.15, 0.2) is 18.6 Å². The van der Waals surface area contributed by atoms with E-state index < -0.39 is 0 Å². The largest absolute Gasteiger partial charge is 0.342 e. The van der Waals surface area contributed by atoms with Crippen LogP contribution in [0.1, 0.15) is 30.0 Å². The summed E-state index contributed by atoms with van der Waals surface area (Å²) in [7, 11) is 3.79. The van der Waals surface area contributed by atoms with Gasteiger partial charge >= 0.3 is 0 Å². The third-order valence-electron chi connectivity index (χ3n) is 2.92. The van der Waals surface area contributed by atoms with E-state index in [1.807, 2.05) is 42.4 Å². The molecular formula is C12H16N6. The van der Waals surface area contributed by atoms with Gasteiger partial charge in [-0.2, -0.15) is 5.26 Å². The van der Waals surface area contributed by atoms with Crippen molar-refractivity contribution in [1.29, 1.82) is 5.26 Å². The standard InChI is InChI=1S/C12H16N6/c1-9(12-16-15-8-18(12)3)14-6-10-4-11(5-13)17(2)7-10/h4,7-9,14H,6H2,1-3H3. The van der Waals surface area contributed by atoms with Crippen LogP contribution >= 0.6 is 0 Å². The summed E-state index contributed by atoms with van der Waals surface area (Å²) in [4.78, 5) is 0. The molecule has 0 aliphatic carbocycles. The lowest BCUT2D eigenvalue weighted by atomic mass is 10.2. The lowest BCUT2D eigenvalue weighted by molar-refractivity contribution is 0.528. The Morgan fingerprint density at radius 1 is 1.44 bits per heavy atom. The molecule has 0 saturated heterocycles. The van der Waals surface area contributed by atoms with E-state index >= 15 is 0 Å². The molecule has 1 atom stereocenters. The number of aryl methyl sites for hydroxylation is 2. The Kier molecular flexibility index (Phi) is 3.44. The highest BCUT2D eigenvalue weighted by atomic mass is 15.3. The average Bonchev–Trinajstić information content (AvgIpc) is 2.92. The summed E-state index contributed by atoms with van der Waals surface area (Å²) in [6.45, 7) is 2.74. The second kappa shape index (κ2) is 5.02. The lowest BCUT2D eigenvalue weighted by Crippen LogP contribution is -2.20. The molecule has 0 aliphatic heterocycles. The minimum Gasteiger partial charge on any atom is -0.342 e. The molecule has 6 heteroatoms. The van der Waals surface area contributed by atoms with Gasteiger partial charge in [0.2, 0.25) is 0 Å². The predicted octanol–water partition coefficient (Wildman–Crippen LogP) is 0.876. The zero-order valence-electron chi connectivity index (χ0n) is 10.8. The minimum absolute atomic E-state index is 0.114. The van der Waals surface area contributed by atoms with Crippen molar-refractivity contribution in [2.24, 2.45) is 14.1 Å². The monoisotopic (exact) mass is 244 g/mol. The second-order valence-corrected chi connectivity index (χ2v) is 4.36. The fourth-order valence-electron chi connectivity index (χ4n) is 1.89. The van der Waals surface area contributed by atoms with Crippen molar-refractivity contribution < 1.29 is 0 Å². The fraction of sp³-hybridized carbons (Fsp3) is 0.417. The Bertz CT molecular complexity index is 574. The van der Waals surface area contributed by atoms with Gasteiger partial charge in [-0.15, -0.1) is 10.2 Å². The van der Waals surface area contributed by atoms with Crippen LogP contribution < -0.4 is 5.32 Å². The molecule has 0 aliphatic rings. The van der Waals surface area contributed by atoms with Crippen molar-refractivity contribution in [1.82, 2.24) is 24.6 Å². The predicted molar refractivity (Wildman–Crippen MR) is 66.4 cm³/mol. The molecule has 0 fully saturated rings. The lowest BCUT2D eigenvalue weighted by Gasteiger charge is -2.11. The molecule has 1 unspecified atom stereocenters. The summed E-state index contributed by atoms with van der Waals surface area (Å²) in [5, 5.41) is 20.2. The van der Waals surface area contributed by atoms with E-state index in [-0.39, 0.29) is 6.04 Å². The van der Waals surface area contributed by atoms with E-state index in [2.05, 4.69) is 21.6 Å². The summed E-state index contributed by atoms with van der Waals surface area (Å²) >= 11 is 0. The highest BCUT2D eigenvalue weighted by Gasteiger charge is 2.11. The number of nitriles is 1. The fourth-order valence-corrected chi connectivity index (χ4v) is 1.89. The molecule has 2 heterocycles. The maximum absolute atomic E-state index is 8.88. The molecule has 0 spiro atoms. The topological polar surface area (TPSA) is 71.5 Å². The Morgan fingerprint density at radius 3 is 2.78 bits per heavy atom. The van der Waals surface area contributed by atoms with Crippen LogP contribution in [0.25, 0.3) is 0 Å². The summed E-state index contributed by atoms with van der Waals surface area (Å²) in [6.07, 6.45) is 3.64. The van der Waals surface area contributed by atoms with Gasteiger partial charge in [0.1, 0.15) is 23.9 Å². The van der Waals surface area contributed by atoms with Crippen molar-refractivity contribution in [3.63, 3.8) is 0 Å². The van der Waals surface area contributed by atoms with Crippen molar-refractivity contribution in [3.05, 3.63) is 35.7 Å². The van der Waals surface area contributed by atoms with E-state index in [9.17, 15) is 0 Å². The van der Waals surface area contributed by atoms with E-state index in [1.54, 1.807) is 6.33 Å². The quantitative estimate of drug-likeness (QED) is 0.866. The van der Waals surface area contributed by atoms with Gasteiger partial charge in [-0.25, -0.2) is 0 Å². The SMILES string of the molecule is CC(NCc1cc(C#N)n(C)c1)c1nncn1C. The number of hydrogen-bond donors (Lipinski definition) is 1. The molecule has 0 bridgehead atoms. The normalized spacial score (nSPS) is 12.3. The molecular weight excluding hydrogens is 228 g/mol. The van der Waals surface area contributed by atoms with Crippen molar-refractivity contribution >= 4 is 0 Å². The molecule has 2 aromatic heterocycles. The molecule has 2 aromatic rings. The highest BCUT2D eigenvalue weighted by Crippen LogP contribution is 2.10. The van der Waals surface area contributed by atoms with Crippen LogP contribution in [0.3, 0.4) is 0 Å². The Morgan fingerprint density at radius 2 is 2.22 bits per heavy atom. The van der Waals surface area contributed by atoms with Gasteiger partial charge in [-0.3, -0.25) is 0 Å². The third-order valence-corrected chi connectivity index (χ3v) is 2.92. The van der Waals surface area contributed by atoms with Crippen LogP contribution in [0.4, 0.5) is 0 Å². The smallest absolute Gasteiger partial charge is 0.149 e. The van der Waals surface area contributed by atoms with Crippen LogP contribution in [0, 0.1) is 11.3 Å². The Hall–Kier alpha value is -2.13. The molecule has 0 amide bonds. The first-order valence-electron chi connectivity index (χ1n) is 5.74. The number of hydrogen-bond acceptors (Lipinski definition) is 4. The van der Waals surface area contributed by atoms with Crippen LogP contribution in [0.2, 0.25) is 0 Å². The van der Waals surface area contributed by atoms with E-state index in [0.717, 1.165) is 11.4 Å². The molecule has 2 rings (SSSR count). The minimum atomic E-state index is 0.114. The highest BCUT2D eigenvalue weighted by molar-refractivity contribution is 5.28. The van der Waals surface area contributed by atoms with Gasteiger partial charge in [0.05, 0.1) is 6.04 Å². The second-order valence-electron chi connectivity index (χ2n) is 4.36. The van der Waals surface area contributed by atoms with Crippen molar-refractivity contribution in [2.45, 2.75) is 19.5 Å². The number of aromatic nitrogens is 4. The van der Waals surface area contributed by atoms with E-state index in [4.69, 9.17) is 5.26 Å². The first-order chi connectivity index (χ1) is 8.61. The maximum atomic E-state index is 8.88. The molecule has 0 radical (unpaired) electrons. The van der Waals surface area contributed by atoms with Gasteiger partial charge in [-0.1, -0.05) is 0 Å². The summed E-state index contributed by atoms with van der Waals surface area (Å²) in [5.41, 5.74) is 1.75. The van der Waals surface area contributed by atoms with Crippen LogP contribution in [-0.4, -0.2) is 19.3 Å². The number of rotatable bonds is 4. The summed E-state index contributed by atoms with van der Waals surface area (Å²) in [6, 6.07) is 4.15. The van der Waals surface area contributed by atoms with Crippen LogP contribution in [0.5, 0.6) is 0 Å². The van der Waals surface area contributed by atoms with E-state index in [1.165, 1.54) is 0 Å². The molecule has 0 aromatic carbocycles. The van der Waals surface area contributed by atoms with Gasteiger partial charge < -0.3 is 14.5 Å². The van der Waals surface area contributed by atoms with Gasteiger partial charge in [0, 0.05) is 26.8 Å². The number of nitrogens with zero attached hydrogens (tertiary/aromatic N) is 5. The molecule has 6 nitrogen and oxygen atoms in total. The Balaban J connectivity index is 1.99. The van der Waals surface area contributed by atoms with Gasteiger partial charge in [0.15, 0.2) is 0 Å². The van der Waals surface area contributed by atoms with Crippen molar-refractivity contribution in [3.8, 4) is 6.07 Å². The molecule has 0 saturated carbocycles. The first kappa shape index (κ1) is 12.3. The summed E-state index contributed by atoms with van der Waals surface area (Å²) < 4.78 is 3.72. The van der Waals surface area contributed by atoms with E-state index in [0.29, 0.717) is 12.2 Å². The first-order valence-corrected chi connectivity index (χ1v) is 5.74. The maximum Gasteiger partial charge on any atom is 0.149 e. The third kappa shape index (κ3) is 2.41. The molecule has 94 valence electrons. The Labute approximate surface area is 106 Å². The number of nitrogens with one attached hydrogen (secondary N) is 1. The zero-order valence-corrected chi connectivity index (χ0v) is 10.8. The summed E-state index contributed by atoms with van der Waals surface area (Å²) in [5.74, 6) is 0.895. The van der Waals surface area contributed by atoms with Gasteiger partial charge in [0.25, 0.3) is 0 Å². The van der Waals surface area contributed by atoms with Crippen molar-refractivity contribution in [2.75, 3.05) is 0 Å². The van der Waals surface area contributed by atoms with Gasteiger partial charge in [-0.05, 0) is 18.6 Å². The van der Waals surface area contributed by atoms with Crippen LogP contribution in [-0.2, 0) is 20.6 Å².